The normalized spacial score (nSPS) is 5.50. The quantitative estimate of drug-likeness (QED) is 0.351. The second-order valence-corrected chi connectivity index (χ2v) is 0.610. The molecule has 0 atom stereocenters. The Labute approximate surface area is 78.0 Å². The molecule has 0 aromatic heterocycles. The molecular formula is C2H2FeNaO4. The number of rotatable bonds is 0. The Morgan fingerprint density at radius 1 is 1.00 bits per heavy atom. The molecular weight excluding hydrogens is 167 g/mol. The van der Waals surface area contributed by atoms with E-state index in [0.29, 0.717) is 0 Å². The van der Waals surface area contributed by atoms with E-state index in [1.54, 1.807) is 0 Å². The van der Waals surface area contributed by atoms with Crippen LogP contribution >= 0.6 is 0 Å². The molecule has 43 valence electrons. The summed E-state index contributed by atoms with van der Waals surface area (Å²) < 4.78 is 0. The van der Waals surface area contributed by atoms with Gasteiger partial charge in [0, 0.05) is 46.6 Å². The van der Waals surface area contributed by atoms with Crippen LogP contribution in [0.4, 0.5) is 0 Å². The fraction of sp³-hybridized carbons (Fsp3) is 0. The molecule has 0 aliphatic rings. The first kappa shape index (κ1) is 15.8. The fourth-order valence-electron chi connectivity index (χ4n) is 0. The first-order valence-corrected chi connectivity index (χ1v) is 1.11. The van der Waals surface area contributed by atoms with Crippen molar-refractivity contribution in [3.63, 3.8) is 0 Å². The second-order valence-electron chi connectivity index (χ2n) is 0.610. The molecule has 0 aliphatic heterocycles. The van der Waals surface area contributed by atoms with Crippen LogP contribution in [-0.4, -0.2) is 51.7 Å². The van der Waals surface area contributed by atoms with E-state index < -0.39 is 11.9 Å². The number of aliphatic carboxylic acids is 2. The maximum absolute atomic E-state index is 9.10. The van der Waals surface area contributed by atoms with Gasteiger partial charge in [0.25, 0.3) is 0 Å². The molecule has 4 nitrogen and oxygen atoms in total. The molecule has 0 bridgehead atoms. The van der Waals surface area contributed by atoms with E-state index in [1.807, 2.05) is 0 Å². The molecule has 0 aromatic carbocycles. The molecule has 1 radical (unpaired) electrons. The van der Waals surface area contributed by atoms with Gasteiger partial charge in [0.1, 0.15) is 0 Å². The van der Waals surface area contributed by atoms with E-state index in [4.69, 9.17) is 19.8 Å². The smallest absolute Gasteiger partial charge is 0.414 e. The van der Waals surface area contributed by atoms with Crippen molar-refractivity contribution in [3.05, 3.63) is 0 Å². The maximum Gasteiger partial charge on any atom is 0.414 e. The second kappa shape index (κ2) is 7.46. The van der Waals surface area contributed by atoms with Crippen molar-refractivity contribution in [2.75, 3.05) is 0 Å². The minimum Gasteiger partial charge on any atom is -0.473 e. The van der Waals surface area contributed by atoms with E-state index in [0.717, 1.165) is 0 Å². The van der Waals surface area contributed by atoms with Crippen LogP contribution in [0.2, 0.25) is 0 Å². The van der Waals surface area contributed by atoms with Crippen molar-refractivity contribution in [1.82, 2.24) is 0 Å². The van der Waals surface area contributed by atoms with E-state index in [1.165, 1.54) is 0 Å². The zero-order valence-corrected chi connectivity index (χ0v) is 7.17. The summed E-state index contributed by atoms with van der Waals surface area (Å²) in [4.78, 5) is 18.2. The zero-order chi connectivity index (χ0) is 5.15. The van der Waals surface area contributed by atoms with E-state index in [-0.39, 0.29) is 46.6 Å². The predicted octanol–water partition coefficient (Wildman–Crippen LogP) is -1.23. The van der Waals surface area contributed by atoms with Gasteiger partial charge in [0.05, 0.1) is 0 Å². The van der Waals surface area contributed by atoms with Crippen LogP contribution in [0.3, 0.4) is 0 Å². The van der Waals surface area contributed by atoms with Gasteiger partial charge in [0.2, 0.25) is 0 Å². The first-order valence-electron chi connectivity index (χ1n) is 1.11. The van der Waals surface area contributed by atoms with E-state index in [2.05, 4.69) is 0 Å². The van der Waals surface area contributed by atoms with Gasteiger partial charge >= 0.3 is 11.9 Å². The van der Waals surface area contributed by atoms with Crippen molar-refractivity contribution in [2.45, 2.75) is 0 Å². The number of carbonyl (C=O) groups is 2. The first-order chi connectivity index (χ1) is 2.64. The van der Waals surface area contributed by atoms with Crippen LogP contribution in [-0.2, 0) is 26.7 Å². The third kappa shape index (κ3) is 9.68. The molecule has 0 fully saturated rings. The van der Waals surface area contributed by atoms with Gasteiger partial charge in [-0.2, -0.15) is 0 Å². The summed E-state index contributed by atoms with van der Waals surface area (Å²) >= 11 is 0. The van der Waals surface area contributed by atoms with Gasteiger partial charge in [-0.05, 0) is 0 Å². The van der Waals surface area contributed by atoms with Gasteiger partial charge in [0.15, 0.2) is 0 Å². The summed E-state index contributed by atoms with van der Waals surface area (Å²) in [6, 6.07) is 0. The minimum absolute atomic E-state index is 0. The van der Waals surface area contributed by atoms with E-state index in [9.17, 15) is 0 Å². The fourth-order valence-corrected chi connectivity index (χ4v) is 0. The van der Waals surface area contributed by atoms with Crippen molar-refractivity contribution >= 4 is 41.5 Å². The number of carboxylic acids is 2. The zero-order valence-electron chi connectivity index (χ0n) is 4.06. The van der Waals surface area contributed by atoms with Crippen molar-refractivity contribution in [3.8, 4) is 0 Å². The van der Waals surface area contributed by atoms with Crippen LogP contribution in [0.1, 0.15) is 0 Å². The van der Waals surface area contributed by atoms with Crippen LogP contribution in [0.25, 0.3) is 0 Å². The third-order valence-corrected chi connectivity index (χ3v) is 0.183. The Morgan fingerprint density at radius 3 is 1.12 bits per heavy atom. The maximum atomic E-state index is 9.10. The molecule has 0 saturated carbocycles. The minimum atomic E-state index is -1.82. The Morgan fingerprint density at radius 2 is 1.12 bits per heavy atom. The van der Waals surface area contributed by atoms with Gasteiger partial charge in [-0.25, -0.2) is 9.59 Å². The molecule has 0 aromatic rings. The number of hydrogen-bond acceptors (Lipinski definition) is 2. The number of hydrogen-bond donors (Lipinski definition) is 2. The standard InChI is InChI=1S/C2H2O4.Fe.Na/c3-1(4)2(5)6;;/h(H,3,4)(H,5,6);;. The number of carboxylic acid groups (broad SMARTS) is 2. The summed E-state index contributed by atoms with van der Waals surface area (Å²) in [7, 11) is 0. The van der Waals surface area contributed by atoms with Crippen LogP contribution in [0, 0.1) is 0 Å². The summed E-state index contributed by atoms with van der Waals surface area (Å²) in [5.74, 6) is -3.65. The van der Waals surface area contributed by atoms with Crippen molar-refractivity contribution in [2.24, 2.45) is 0 Å². The Balaban J connectivity index is -0.000000125. The molecule has 0 spiro atoms. The average molecular weight is 169 g/mol. The SMILES string of the molecule is O=C(O)C(=O)O.[Fe].[Na]. The molecule has 0 amide bonds. The van der Waals surface area contributed by atoms with Gasteiger partial charge in [-0.1, -0.05) is 0 Å². The van der Waals surface area contributed by atoms with Gasteiger partial charge < -0.3 is 10.2 Å². The molecule has 6 heteroatoms. The van der Waals surface area contributed by atoms with Gasteiger partial charge in [-0.15, -0.1) is 0 Å². The summed E-state index contributed by atoms with van der Waals surface area (Å²) in [5, 5.41) is 14.8. The molecule has 8 heavy (non-hydrogen) atoms. The summed E-state index contributed by atoms with van der Waals surface area (Å²) in [5.41, 5.74) is 0. The predicted molar refractivity (Wildman–Crippen MR) is 21.0 cm³/mol. The van der Waals surface area contributed by atoms with Crippen LogP contribution in [0.15, 0.2) is 0 Å². The molecule has 0 rings (SSSR count). The average Bonchev–Trinajstić information content (AvgIpc) is 1.36. The molecule has 0 unspecified atom stereocenters. The van der Waals surface area contributed by atoms with Gasteiger partial charge in [-0.3, -0.25) is 0 Å². The van der Waals surface area contributed by atoms with Crippen molar-refractivity contribution in [1.29, 1.82) is 0 Å². The Hall–Kier alpha value is 0.459. The monoisotopic (exact) mass is 169 g/mol. The summed E-state index contributed by atoms with van der Waals surface area (Å²) in [6.07, 6.45) is 0. The largest absolute Gasteiger partial charge is 0.473 e. The third-order valence-electron chi connectivity index (χ3n) is 0.183. The van der Waals surface area contributed by atoms with Crippen molar-refractivity contribution < 1.29 is 36.9 Å². The molecule has 0 saturated heterocycles. The topological polar surface area (TPSA) is 74.6 Å². The Bertz CT molecular complexity index is 80.0. The molecule has 0 aliphatic carbocycles. The van der Waals surface area contributed by atoms with E-state index >= 15 is 0 Å². The summed E-state index contributed by atoms with van der Waals surface area (Å²) in [6.45, 7) is 0. The molecule has 2 N–H and O–H groups in total. The van der Waals surface area contributed by atoms with Crippen LogP contribution < -0.4 is 0 Å². The Kier molecular flexibility index (Phi) is 14.7. The molecule has 0 heterocycles. The van der Waals surface area contributed by atoms with Crippen LogP contribution in [0.5, 0.6) is 0 Å².